The average molecular weight is 275 g/mol. The molecule has 0 aliphatic carbocycles. The molecule has 0 bridgehead atoms. The summed E-state index contributed by atoms with van der Waals surface area (Å²) in [6.07, 6.45) is 0. The fourth-order valence-corrected chi connectivity index (χ4v) is 2.37. The van der Waals surface area contributed by atoms with Gasteiger partial charge in [-0.3, -0.25) is 0 Å². The van der Waals surface area contributed by atoms with Crippen LogP contribution in [0.25, 0.3) is 0 Å². The highest BCUT2D eigenvalue weighted by molar-refractivity contribution is 9.06. The standard InChI is InChI=1S/C11H15BrO3/c1-6-9(13-4)7(2)11(15-12)8(3)10(6)14-5/h1-5H3. The van der Waals surface area contributed by atoms with E-state index in [0.29, 0.717) is 0 Å². The van der Waals surface area contributed by atoms with E-state index in [4.69, 9.17) is 13.3 Å². The first-order chi connectivity index (χ1) is 7.08. The largest absolute Gasteiger partial charge is 0.496 e. The van der Waals surface area contributed by atoms with Gasteiger partial charge in [-0.1, -0.05) is 0 Å². The number of ether oxygens (including phenoxy) is 2. The Morgan fingerprint density at radius 3 is 1.33 bits per heavy atom. The Balaban J connectivity index is 3.57. The lowest BCUT2D eigenvalue weighted by molar-refractivity contribution is 0.381. The quantitative estimate of drug-likeness (QED) is 0.847. The molecule has 0 fully saturated rings. The van der Waals surface area contributed by atoms with E-state index in [0.717, 1.165) is 33.9 Å². The Bertz CT molecular complexity index is 296. The summed E-state index contributed by atoms with van der Waals surface area (Å²) in [5.74, 6) is 2.34. The second kappa shape index (κ2) is 4.75. The molecule has 0 aliphatic rings. The summed E-state index contributed by atoms with van der Waals surface area (Å²) in [5, 5.41) is 0. The van der Waals surface area contributed by atoms with Gasteiger partial charge in [0.15, 0.2) is 16.3 Å². The number of methoxy groups -OCH3 is 2. The Morgan fingerprint density at radius 2 is 1.07 bits per heavy atom. The van der Waals surface area contributed by atoms with Crippen LogP contribution in [0, 0.1) is 20.8 Å². The lowest BCUT2D eigenvalue weighted by Gasteiger charge is -2.18. The molecule has 0 amide bonds. The predicted molar refractivity (Wildman–Crippen MR) is 63.3 cm³/mol. The van der Waals surface area contributed by atoms with Crippen molar-refractivity contribution in [2.24, 2.45) is 0 Å². The lowest BCUT2D eigenvalue weighted by Crippen LogP contribution is -2.00. The maximum Gasteiger partial charge on any atom is 0.179 e. The van der Waals surface area contributed by atoms with Crippen LogP contribution in [-0.2, 0) is 0 Å². The maximum atomic E-state index is 5.33. The van der Waals surface area contributed by atoms with Crippen molar-refractivity contribution in [3.63, 3.8) is 0 Å². The minimum atomic E-state index is 0.745. The zero-order valence-electron chi connectivity index (χ0n) is 9.60. The van der Waals surface area contributed by atoms with E-state index in [2.05, 4.69) is 16.3 Å². The summed E-state index contributed by atoms with van der Waals surface area (Å²) >= 11 is 3.00. The number of hydrogen-bond acceptors (Lipinski definition) is 3. The van der Waals surface area contributed by atoms with E-state index < -0.39 is 0 Å². The van der Waals surface area contributed by atoms with Crippen LogP contribution in [0.3, 0.4) is 0 Å². The van der Waals surface area contributed by atoms with Crippen molar-refractivity contribution < 1.29 is 13.3 Å². The van der Waals surface area contributed by atoms with Crippen molar-refractivity contribution in [3.05, 3.63) is 16.7 Å². The molecule has 0 atom stereocenters. The third kappa shape index (κ3) is 1.91. The minimum Gasteiger partial charge on any atom is -0.496 e. The smallest absolute Gasteiger partial charge is 0.179 e. The molecule has 0 heterocycles. The maximum absolute atomic E-state index is 5.33. The van der Waals surface area contributed by atoms with E-state index in [1.165, 1.54) is 0 Å². The molecule has 0 N–H and O–H groups in total. The summed E-state index contributed by atoms with van der Waals surface area (Å²) in [5.41, 5.74) is 2.92. The predicted octanol–water partition coefficient (Wildman–Crippen LogP) is 3.32. The first kappa shape index (κ1) is 12.2. The molecule has 0 saturated carbocycles. The molecule has 4 heteroatoms. The number of halogens is 1. The van der Waals surface area contributed by atoms with E-state index in [1.807, 2.05) is 20.8 Å². The molecule has 0 unspecified atom stereocenters. The van der Waals surface area contributed by atoms with Crippen molar-refractivity contribution in [2.45, 2.75) is 20.8 Å². The zero-order chi connectivity index (χ0) is 11.6. The average Bonchev–Trinajstić information content (AvgIpc) is 2.19. The van der Waals surface area contributed by atoms with Crippen LogP contribution in [0.5, 0.6) is 17.2 Å². The molecular weight excluding hydrogens is 260 g/mol. The van der Waals surface area contributed by atoms with Crippen LogP contribution in [0.4, 0.5) is 0 Å². The molecule has 15 heavy (non-hydrogen) atoms. The molecule has 0 saturated heterocycles. The van der Waals surface area contributed by atoms with Crippen LogP contribution in [0.15, 0.2) is 0 Å². The topological polar surface area (TPSA) is 27.7 Å². The summed E-state index contributed by atoms with van der Waals surface area (Å²) in [4.78, 5) is 0. The van der Waals surface area contributed by atoms with Gasteiger partial charge in [-0.25, -0.2) is 0 Å². The normalized spacial score (nSPS) is 10.0. The molecule has 84 valence electrons. The fourth-order valence-electron chi connectivity index (χ4n) is 1.88. The van der Waals surface area contributed by atoms with Gasteiger partial charge >= 0.3 is 0 Å². The van der Waals surface area contributed by atoms with Crippen molar-refractivity contribution in [3.8, 4) is 17.2 Å². The highest BCUT2D eigenvalue weighted by Gasteiger charge is 2.19. The molecule has 3 nitrogen and oxygen atoms in total. The van der Waals surface area contributed by atoms with E-state index in [1.54, 1.807) is 14.2 Å². The summed E-state index contributed by atoms with van der Waals surface area (Å²) in [6.45, 7) is 5.87. The number of hydrogen-bond donors (Lipinski definition) is 0. The van der Waals surface area contributed by atoms with Gasteiger partial charge in [-0.05, 0) is 20.8 Å². The highest BCUT2D eigenvalue weighted by atomic mass is 79.9. The fraction of sp³-hybridized carbons (Fsp3) is 0.455. The van der Waals surface area contributed by atoms with Gasteiger partial charge in [0.2, 0.25) is 0 Å². The van der Waals surface area contributed by atoms with Crippen molar-refractivity contribution in [1.82, 2.24) is 0 Å². The third-order valence-corrected chi connectivity index (χ3v) is 2.85. The molecule has 0 radical (unpaired) electrons. The molecule has 0 aliphatic heterocycles. The van der Waals surface area contributed by atoms with Crippen molar-refractivity contribution in [2.75, 3.05) is 14.2 Å². The molecule has 0 aromatic heterocycles. The minimum absolute atomic E-state index is 0.745. The Labute approximate surface area is 98.8 Å². The number of rotatable bonds is 3. The Hall–Kier alpha value is -0.900. The lowest BCUT2D eigenvalue weighted by atomic mass is 10.0. The summed E-state index contributed by atoms with van der Waals surface area (Å²) in [6, 6.07) is 0. The molecule has 0 spiro atoms. The monoisotopic (exact) mass is 274 g/mol. The second-order valence-electron chi connectivity index (χ2n) is 3.35. The summed E-state index contributed by atoms with van der Waals surface area (Å²) in [7, 11) is 3.28. The number of benzene rings is 1. The molecular formula is C11H15BrO3. The first-order valence-electron chi connectivity index (χ1n) is 4.58. The van der Waals surface area contributed by atoms with E-state index >= 15 is 0 Å². The summed E-state index contributed by atoms with van der Waals surface area (Å²) < 4.78 is 15.8. The van der Waals surface area contributed by atoms with Gasteiger partial charge in [0.1, 0.15) is 17.2 Å². The molecule has 1 aromatic carbocycles. The van der Waals surface area contributed by atoms with E-state index in [9.17, 15) is 0 Å². The van der Waals surface area contributed by atoms with Gasteiger partial charge in [-0.15, -0.1) is 0 Å². The van der Waals surface area contributed by atoms with Gasteiger partial charge in [0.05, 0.1) is 14.2 Å². The SMILES string of the molecule is COc1c(C)c(OC)c(C)c(OBr)c1C. The molecule has 1 aromatic rings. The zero-order valence-corrected chi connectivity index (χ0v) is 11.2. The Morgan fingerprint density at radius 1 is 0.733 bits per heavy atom. The van der Waals surface area contributed by atoms with Gasteiger partial charge in [0, 0.05) is 16.7 Å². The van der Waals surface area contributed by atoms with E-state index in [-0.39, 0.29) is 0 Å². The van der Waals surface area contributed by atoms with Crippen LogP contribution < -0.4 is 13.3 Å². The van der Waals surface area contributed by atoms with Crippen LogP contribution in [0.2, 0.25) is 0 Å². The highest BCUT2D eigenvalue weighted by Crippen LogP contribution is 2.42. The van der Waals surface area contributed by atoms with Gasteiger partial charge in [-0.2, -0.15) is 0 Å². The van der Waals surface area contributed by atoms with Crippen molar-refractivity contribution >= 4 is 16.3 Å². The second-order valence-corrected chi connectivity index (χ2v) is 3.67. The van der Waals surface area contributed by atoms with Crippen LogP contribution in [0.1, 0.15) is 16.7 Å². The van der Waals surface area contributed by atoms with Crippen LogP contribution >= 0.6 is 16.3 Å². The third-order valence-electron chi connectivity index (χ3n) is 2.53. The Kier molecular flexibility index (Phi) is 3.85. The van der Waals surface area contributed by atoms with Gasteiger partial charge in [0.25, 0.3) is 0 Å². The van der Waals surface area contributed by atoms with Crippen molar-refractivity contribution in [1.29, 1.82) is 0 Å². The first-order valence-corrected chi connectivity index (χ1v) is 5.23. The van der Waals surface area contributed by atoms with Crippen LogP contribution in [-0.4, -0.2) is 14.2 Å². The molecule has 1 rings (SSSR count). The van der Waals surface area contributed by atoms with Gasteiger partial charge < -0.3 is 13.3 Å².